The van der Waals surface area contributed by atoms with Crippen LogP contribution in [0.4, 0.5) is 5.69 Å². The molecule has 0 aliphatic carbocycles. The molecule has 1 saturated heterocycles. The Morgan fingerprint density at radius 3 is 2.27 bits per heavy atom. The van der Waals surface area contributed by atoms with Crippen molar-refractivity contribution in [2.45, 2.75) is 66.6 Å². The Morgan fingerprint density at radius 2 is 1.77 bits per heavy atom. The van der Waals surface area contributed by atoms with Crippen molar-refractivity contribution in [2.24, 2.45) is 0 Å². The standard InChI is InChI=1S/C20H29BrN2O3/c1-11(2)15-7-9-23(10-8-15)18-16(13(5)22-14(6)17(18)21)19(24)20(25)26-12(3)4/h12,19,24H,7-10H2,1-6H3. The number of piperidine rings is 1. The number of halogens is 1. The number of aryl methyl sites for hydroxylation is 2. The third-order valence-corrected chi connectivity index (χ3v) is 5.69. The second-order valence-electron chi connectivity index (χ2n) is 7.34. The molecule has 0 bridgehead atoms. The third kappa shape index (κ3) is 4.46. The van der Waals surface area contributed by atoms with Crippen LogP contribution in [0.15, 0.2) is 15.6 Å². The van der Waals surface area contributed by atoms with E-state index in [-0.39, 0.29) is 6.10 Å². The molecule has 144 valence electrons. The Balaban J connectivity index is 2.45. The number of aromatic nitrogens is 1. The average molecular weight is 425 g/mol. The van der Waals surface area contributed by atoms with E-state index in [1.165, 1.54) is 11.1 Å². The minimum absolute atomic E-state index is 0.280. The second kappa shape index (κ2) is 8.53. The fourth-order valence-electron chi connectivity index (χ4n) is 3.37. The van der Waals surface area contributed by atoms with Crippen LogP contribution < -0.4 is 4.90 Å². The smallest absolute Gasteiger partial charge is 0.340 e. The first-order chi connectivity index (χ1) is 12.1. The van der Waals surface area contributed by atoms with Crippen molar-refractivity contribution in [2.75, 3.05) is 18.0 Å². The first-order valence-electron chi connectivity index (χ1n) is 9.08. The summed E-state index contributed by atoms with van der Waals surface area (Å²) in [6.07, 6.45) is 0.349. The summed E-state index contributed by atoms with van der Waals surface area (Å²) >= 11 is 3.63. The molecule has 5 nitrogen and oxygen atoms in total. The first-order valence-corrected chi connectivity index (χ1v) is 9.88. The lowest BCUT2D eigenvalue weighted by Crippen LogP contribution is -2.33. The molecule has 2 heterocycles. The molecule has 0 amide bonds. The van der Waals surface area contributed by atoms with Gasteiger partial charge in [-0.15, -0.1) is 0 Å². The highest BCUT2D eigenvalue weighted by Crippen LogP contribution is 2.39. The Labute approximate surface area is 164 Å². The molecular formula is C20H29BrN2O3. The summed E-state index contributed by atoms with van der Waals surface area (Å²) in [5, 5.41) is 10.7. The van der Waals surface area contributed by atoms with Crippen molar-refractivity contribution in [3.63, 3.8) is 0 Å². The predicted octanol–water partition coefficient (Wildman–Crippen LogP) is 4.38. The molecule has 1 unspecified atom stereocenters. The van der Waals surface area contributed by atoms with Gasteiger partial charge < -0.3 is 14.7 Å². The minimum atomic E-state index is -1.35. The lowest BCUT2D eigenvalue weighted by Gasteiger charge is -2.34. The summed E-state index contributed by atoms with van der Waals surface area (Å²) in [5.74, 6) is -0.635. The Kier molecular flexibility index (Phi) is 6.86. The van der Waals surface area contributed by atoms with Crippen molar-refractivity contribution in [1.82, 2.24) is 4.98 Å². The number of anilines is 1. The Hall–Kier alpha value is -1.40. The van der Waals surface area contributed by atoms with Crippen LogP contribution >= 0.6 is 15.9 Å². The highest BCUT2D eigenvalue weighted by atomic mass is 79.9. The first kappa shape index (κ1) is 20.9. The van der Waals surface area contributed by atoms with Crippen molar-refractivity contribution in [1.29, 1.82) is 0 Å². The number of allylic oxidation sites excluding steroid dienone is 1. The molecule has 1 atom stereocenters. The van der Waals surface area contributed by atoms with Gasteiger partial charge in [0.1, 0.15) is 0 Å². The molecule has 2 rings (SSSR count). The molecule has 0 radical (unpaired) electrons. The van der Waals surface area contributed by atoms with Gasteiger partial charge in [0, 0.05) is 24.3 Å². The van der Waals surface area contributed by atoms with Crippen molar-refractivity contribution < 1.29 is 14.6 Å². The molecule has 1 aliphatic rings. The fraction of sp³-hybridized carbons (Fsp3) is 0.600. The minimum Gasteiger partial charge on any atom is -0.461 e. The molecular weight excluding hydrogens is 396 g/mol. The number of carbonyl (C=O) groups excluding carboxylic acids is 1. The molecule has 1 fully saturated rings. The summed E-state index contributed by atoms with van der Waals surface area (Å²) in [5.41, 5.74) is 5.76. The van der Waals surface area contributed by atoms with Gasteiger partial charge in [0.15, 0.2) is 6.10 Å². The summed E-state index contributed by atoms with van der Waals surface area (Å²) in [6, 6.07) is 0. The Bertz CT molecular complexity index is 714. The molecule has 0 saturated carbocycles. The number of hydrogen-bond donors (Lipinski definition) is 1. The molecule has 1 aromatic rings. The topological polar surface area (TPSA) is 62.7 Å². The molecule has 0 aromatic carbocycles. The largest absolute Gasteiger partial charge is 0.461 e. The van der Waals surface area contributed by atoms with Gasteiger partial charge in [0.05, 0.1) is 22.0 Å². The van der Waals surface area contributed by atoms with Crippen LogP contribution in [-0.4, -0.2) is 35.3 Å². The van der Waals surface area contributed by atoms with Crippen LogP contribution in [0.1, 0.15) is 63.6 Å². The Morgan fingerprint density at radius 1 is 1.19 bits per heavy atom. The molecule has 26 heavy (non-hydrogen) atoms. The highest BCUT2D eigenvalue weighted by Gasteiger charge is 2.31. The van der Waals surface area contributed by atoms with Gasteiger partial charge in [0.25, 0.3) is 0 Å². The normalized spacial score (nSPS) is 16.0. The van der Waals surface area contributed by atoms with Crippen molar-refractivity contribution in [3.8, 4) is 0 Å². The van der Waals surface area contributed by atoms with Gasteiger partial charge in [-0.25, -0.2) is 4.79 Å². The van der Waals surface area contributed by atoms with E-state index in [0.29, 0.717) is 11.3 Å². The quantitative estimate of drug-likeness (QED) is 0.573. The van der Waals surface area contributed by atoms with Gasteiger partial charge in [-0.05, 0) is 70.3 Å². The fourth-order valence-corrected chi connectivity index (χ4v) is 3.93. The van der Waals surface area contributed by atoms with Crippen LogP contribution in [-0.2, 0) is 9.53 Å². The van der Waals surface area contributed by atoms with Gasteiger partial charge >= 0.3 is 5.97 Å². The van der Waals surface area contributed by atoms with E-state index in [2.05, 4.69) is 39.7 Å². The van der Waals surface area contributed by atoms with E-state index in [1.807, 2.05) is 13.8 Å². The molecule has 1 aromatic heterocycles. The lowest BCUT2D eigenvalue weighted by molar-refractivity contribution is -0.157. The van der Waals surface area contributed by atoms with E-state index >= 15 is 0 Å². The summed E-state index contributed by atoms with van der Waals surface area (Å²) < 4.78 is 6.05. The number of carbonyl (C=O) groups is 1. The van der Waals surface area contributed by atoms with Crippen molar-refractivity contribution >= 4 is 27.6 Å². The maximum absolute atomic E-state index is 12.3. The number of nitrogens with zero attached hydrogens (tertiary/aromatic N) is 2. The van der Waals surface area contributed by atoms with Crippen LogP contribution in [0.2, 0.25) is 0 Å². The third-order valence-electron chi connectivity index (χ3n) is 4.74. The maximum Gasteiger partial charge on any atom is 0.340 e. The summed E-state index contributed by atoms with van der Waals surface area (Å²) in [7, 11) is 0. The highest BCUT2D eigenvalue weighted by molar-refractivity contribution is 9.10. The van der Waals surface area contributed by atoms with Gasteiger partial charge in [-0.2, -0.15) is 0 Å². The monoisotopic (exact) mass is 424 g/mol. The van der Waals surface area contributed by atoms with Gasteiger partial charge in [-0.1, -0.05) is 11.1 Å². The average Bonchev–Trinajstić information content (AvgIpc) is 2.56. The number of ether oxygens (including phenoxy) is 1. The van der Waals surface area contributed by atoms with E-state index in [4.69, 9.17) is 4.74 Å². The zero-order valence-electron chi connectivity index (χ0n) is 16.5. The van der Waals surface area contributed by atoms with Crippen LogP contribution in [0.25, 0.3) is 0 Å². The number of aliphatic hydroxyl groups is 1. The number of esters is 1. The number of rotatable bonds is 4. The number of hydrogen-bond acceptors (Lipinski definition) is 5. The molecule has 0 spiro atoms. The van der Waals surface area contributed by atoms with E-state index in [1.54, 1.807) is 13.8 Å². The predicted molar refractivity (Wildman–Crippen MR) is 107 cm³/mol. The van der Waals surface area contributed by atoms with E-state index in [0.717, 1.165) is 41.8 Å². The second-order valence-corrected chi connectivity index (χ2v) is 8.13. The van der Waals surface area contributed by atoms with Crippen LogP contribution in [0.5, 0.6) is 0 Å². The molecule has 1 N–H and O–H groups in total. The van der Waals surface area contributed by atoms with Gasteiger partial charge in [-0.3, -0.25) is 4.98 Å². The van der Waals surface area contributed by atoms with Crippen LogP contribution in [0.3, 0.4) is 0 Å². The number of aliphatic hydroxyl groups excluding tert-OH is 1. The lowest BCUT2D eigenvalue weighted by atomic mass is 9.97. The van der Waals surface area contributed by atoms with Gasteiger partial charge in [0.2, 0.25) is 0 Å². The number of pyridine rings is 1. The molecule has 1 aliphatic heterocycles. The zero-order valence-corrected chi connectivity index (χ0v) is 18.1. The SMILES string of the molecule is CC(C)=C1CCN(c2c(Br)c(C)nc(C)c2C(O)C(=O)OC(C)C)CC1. The van der Waals surface area contributed by atoms with E-state index in [9.17, 15) is 9.90 Å². The molecule has 6 heteroatoms. The van der Waals surface area contributed by atoms with Crippen molar-refractivity contribution in [3.05, 3.63) is 32.6 Å². The van der Waals surface area contributed by atoms with Crippen LogP contribution in [0, 0.1) is 13.8 Å². The summed E-state index contributed by atoms with van der Waals surface area (Å²) in [4.78, 5) is 19.1. The maximum atomic E-state index is 12.3. The summed E-state index contributed by atoms with van der Waals surface area (Å²) in [6.45, 7) is 13.3. The van der Waals surface area contributed by atoms with E-state index < -0.39 is 12.1 Å². The zero-order chi connectivity index (χ0) is 19.6.